The first kappa shape index (κ1) is 15.7. The van der Waals surface area contributed by atoms with Gasteiger partial charge >= 0.3 is 0 Å². The minimum Gasteiger partial charge on any atom is -0.350 e. The van der Waals surface area contributed by atoms with Crippen LogP contribution in [-0.4, -0.2) is 42.5 Å². The van der Waals surface area contributed by atoms with Crippen molar-refractivity contribution in [2.24, 2.45) is 0 Å². The van der Waals surface area contributed by atoms with Crippen LogP contribution in [0.4, 0.5) is 0 Å². The lowest BCUT2D eigenvalue weighted by Gasteiger charge is -2.19. The lowest BCUT2D eigenvalue weighted by Crippen LogP contribution is -2.38. The van der Waals surface area contributed by atoms with Gasteiger partial charge in [0.25, 0.3) is 5.91 Å². The van der Waals surface area contributed by atoms with Crippen LogP contribution in [0.25, 0.3) is 10.6 Å². The number of benzene rings is 1. The monoisotopic (exact) mass is 303 g/mol. The molecular formula is C16H21N3OS. The quantitative estimate of drug-likeness (QED) is 0.924. The van der Waals surface area contributed by atoms with Gasteiger partial charge in [0.05, 0.1) is 0 Å². The zero-order chi connectivity index (χ0) is 15.4. The van der Waals surface area contributed by atoms with Crippen molar-refractivity contribution in [2.75, 3.05) is 20.6 Å². The van der Waals surface area contributed by atoms with Gasteiger partial charge in [-0.25, -0.2) is 4.98 Å². The molecule has 0 spiro atoms. The Bertz CT molecular complexity index is 604. The number of amides is 1. The lowest BCUT2D eigenvalue weighted by molar-refractivity contribution is 0.0943. The van der Waals surface area contributed by atoms with Crippen molar-refractivity contribution in [1.82, 2.24) is 15.2 Å². The van der Waals surface area contributed by atoms with Crippen LogP contribution in [0.2, 0.25) is 0 Å². The Labute approximate surface area is 129 Å². The number of likely N-dealkylation sites (N-methyl/N-ethyl adjacent to an activating group) is 1. The molecule has 0 aliphatic heterocycles. The second-order valence-electron chi connectivity index (χ2n) is 5.39. The molecule has 1 heterocycles. The molecule has 0 saturated heterocycles. The Morgan fingerprint density at radius 1 is 1.33 bits per heavy atom. The molecule has 2 rings (SSSR count). The van der Waals surface area contributed by atoms with Gasteiger partial charge in [-0.05, 0) is 40.1 Å². The molecule has 0 aliphatic carbocycles. The number of aryl methyl sites for hydroxylation is 1. The Morgan fingerprint density at radius 3 is 2.52 bits per heavy atom. The molecule has 4 nitrogen and oxygen atoms in total. The fourth-order valence-corrected chi connectivity index (χ4v) is 2.58. The third kappa shape index (κ3) is 4.12. The molecule has 1 amide bonds. The maximum absolute atomic E-state index is 12.1. The van der Waals surface area contributed by atoms with E-state index in [4.69, 9.17) is 0 Å². The van der Waals surface area contributed by atoms with E-state index in [-0.39, 0.29) is 5.91 Å². The van der Waals surface area contributed by atoms with Gasteiger partial charge in [-0.1, -0.05) is 12.1 Å². The molecule has 112 valence electrons. The van der Waals surface area contributed by atoms with Crippen molar-refractivity contribution < 1.29 is 4.79 Å². The first-order chi connectivity index (χ1) is 9.97. The van der Waals surface area contributed by atoms with E-state index in [1.54, 1.807) is 11.3 Å². The average molecular weight is 303 g/mol. The summed E-state index contributed by atoms with van der Waals surface area (Å²) in [6.07, 6.45) is 0. The summed E-state index contributed by atoms with van der Waals surface area (Å²) in [5, 5.41) is 5.96. The predicted octanol–water partition coefficient (Wildman–Crippen LogP) is 2.80. The standard InChI is InChI=1S/C16H21N3OS/c1-11-10-21-16(18-11)14-7-5-13(6-8-14)15(20)17-9-12(2)19(3)4/h5-8,10,12H,9H2,1-4H3,(H,17,20). The molecule has 1 atom stereocenters. The van der Waals surface area contributed by atoms with E-state index in [1.807, 2.05) is 50.7 Å². The van der Waals surface area contributed by atoms with Crippen LogP contribution in [0.15, 0.2) is 29.6 Å². The van der Waals surface area contributed by atoms with Crippen molar-refractivity contribution in [3.8, 4) is 10.6 Å². The van der Waals surface area contributed by atoms with Gasteiger partial charge in [-0.2, -0.15) is 0 Å². The first-order valence-electron chi connectivity index (χ1n) is 6.94. The fourth-order valence-electron chi connectivity index (χ4n) is 1.78. The predicted molar refractivity (Wildman–Crippen MR) is 87.8 cm³/mol. The molecule has 1 unspecified atom stereocenters. The van der Waals surface area contributed by atoms with E-state index in [0.29, 0.717) is 18.2 Å². The summed E-state index contributed by atoms with van der Waals surface area (Å²) in [5.41, 5.74) is 2.75. The molecular weight excluding hydrogens is 282 g/mol. The number of thiazole rings is 1. The first-order valence-corrected chi connectivity index (χ1v) is 7.82. The Balaban J connectivity index is 2.00. The second-order valence-corrected chi connectivity index (χ2v) is 6.25. The van der Waals surface area contributed by atoms with Crippen molar-refractivity contribution in [3.63, 3.8) is 0 Å². The topological polar surface area (TPSA) is 45.2 Å². The van der Waals surface area contributed by atoms with E-state index < -0.39 is 0 Å². The minimum atomic E-state index is -0.0365. The van der Waals surface area contributed by atoms with Gasteiger partial charge in [0.15, 0.2) is 0 Å². The van der Waals surface area contributed by atoms with Crippen LogP contribution in [-0.2, 0) is 0 Å². The van der Waals surface area contributed by atoms with Crippen molar-refractivity contribution in [1.29, 1.82) is 0 Å². The summed E-state index contributed by atoms with van der Waals surface area (Å²) in [7, 11) is 4.00. The highest BCUT2D eigenvalue weighted by molar-refractivity contribution is 7.13. The Hall–Kier alpha value is -1.72. The maximum Gasteiger partial charge on any atom is 0.251 e. The largest absolute Gasteiger partial charge is 0.350 e. The number of hydrogen-bond donors (Lipinski definition) is 1. The highest BCUT2D eigenvalue weighted by atomic mass is 32.1. The molecule has 5 heteroatoms. The van der Waals surface area contributed by atoms with E-state index in [1.165, 1.54) is 0 Å². The number of aromatic nitrogens is 1. The number of hydrogen-bond acceptors (Lipinski definition) is 4. The van der Waals surface area contributed by atoms with Crippen LogP contribution >= 0.6 is 11.3 Å². The number of carbonyl (C=O) groups is 1. The summed E-state index contributed by atoms with van der Waals surface area (Å²) in [6.45, 7) is 4.70. The van der Waals surface area contributed by atoms with Gasteiger partial charge in [0.2, 0.25) is 0 Å². The molecule has 0 aliphatic rings. The van der Waals surface area contributed by atoms with Gasteiger partial charge in [-0.3, -0.25) is 4.79 Å². The second kappa shape index (κ2) is 6.83. The Kier molecular flexibility index (Phi) is 5.09. The number of nitrogens with zero attached hydrogens (tertiary/aromatic N) is 2. The fraction of sp³-hybridized carbons (Fsp3) is 0.375. The van der Waals surface area contributed by atoms with Crippen LogP contribution in [0.3, 0.4) is 0 Å². The molecule has 1 N–H and O–H groups in total. The van der Waals surface area contributed by atoms with Crippen molar-refractivity contribution in [3.05, 3.63) is 40.9 Å². The average Bonchev–Trinajstić information content (AvgIpc) is 2.91. The summed E-state index contributed by atoms with van der Waals surface area (Å²) in [5.74, 6) is -0.0365. The molecule has 1 aromatic carbocycles. The molecule has 21 heavy (non-hydrogen) atoms. The molecule has 0 fully saturated rings. The van der Waals surface area contributed by atoms with E-state index in [0.717, 1.165) is 16.3 Å². The number of rotatable bonds is 5. The maximum atomic E-state index is 12.1. The molecule has 0 bridgehead atoms. The molecule has 0 radical (unpaired) electrons. The van der Waals surface area contributed by atoms with E-state index in [2.05, 4.69) is 22.1 Å². The Morgan fingerprint density at radius 2 is 2.00 bits per heavy atom. The van der Waals surface area contributed by atoms with Gasteiger partial charge < -0.3 is 10.2 Å². The van der Waals surface area contributed by atoms with Crippen LogP contribution in [0, 0.1) is 6.92 Å². The molecule has 0 saturated carbocycles. The number of carbonyl (C=O) groups excluding carboxylic acids is 1. The highest BCUT2D eigenvalue weighted by Gasteiger charge is 2.10. The van der Waals surface area contributed by atoms with E-state index >= 15 is 0 Å². The van der Waals surface area contributed by atoms with Gasteiger partial charge in [-0.15, -0.1) is 11.3 Å². The summed E-state index contributed by atoms with van der Waals surface area (Å²) in [6, 6.07) is 7.90. The smallest absolute Gasteiger partial charge is 0.251 e. The summed E-state index contributed by atoms with van der Waals surface area (Å²) >= 11 is 1.62. The zero-order valence-electron chi connectivity index (χ0n) is 12.9. The SMILES string of the molecule is Cc1csc(-c2ccc(C(=O)NCC(C)N(C)C)cc2)n1. The summed E-state index contributed by atoms with van der Waals surface area (Å²) in [4.78, 5) is 18.6. The zero-order valence-corrected chi connectivity index (χ0v) is 13.7. The minimum absolute atomic E-state index is 0.0365. The van der Waals surface area contributed by atoms with Crippen LogP contribution in [0.1, 0.15) is 23.0 Å². The third-order valence-electron chi connectivity index (χ3n) is 3.45. The lowest BCUT2D eigenvalue weighted by atomic mass is 10.1. The summed E-state index contributed by atoms with van der Waals surface area (Å²) < 4.78 is 0. The van der Waals surface area contributed by atoms with Gasteiger partial charge in [0.1, 0.15) is 5.01 Å². The van der Waals surface area contributed by atoms with Crippen LogP contribution in [0.5, 0.6) is 0 Å². The highest BCUT2D eigenvalue weighted by Crippen LogP contribution is 2.23. The molecule has 1 aromatic heterocycles. The van der Waals surface area contributed by atoms with Crippen LogP contribution < -0.4 is 5.32 Å². The number of nitrogens with one attached hydrogen (secondary N) is 1. The normalized spacial score (nSPS) is 12.4. The van der Waals surface area contributed by atoms with Crippen molar-refractivity contribution >= 4 is 17.2 Å². The van der Waals surface area contributed by atoms with E-state index in [9.17, 15) is 4.79 Å². The van der Waals surface area contributed by atoms with Crippen molar-refractivity contribution in [2.45, 2.75) is 19.9 Å². The third-order valence-corrected chi connectivity index (χ3v) is 4.46. The molecule has 2 aromatic rings. The van der Waals surface area contributed by atoms with Gasteiger partial charge in [0, 0.05) is 34.8 Å².